The minimum atomic E-state index is 0.485. The molecule has 0 saturated carbocycles. The van der Waals surface area contributed by atoms with Crippen LogP contribution in [-0.2, 0) is 12.8 Å². The Balaban J connectivity index is 1.18. The fourth-order valence-electron chi connectivity index (χ4n) is 5.78. The van der Waals surface area contributed by atoms with Crippen molar-refractivity contribution in [2.45, 2.75) is 31.7 Å². The number of piperidine rings is 1. The predicted molar refractivity (Wildman–Crippen MR) is 170 cm³/mol. The fraction of sp³-hybridized carbons (Fsp3) is 0.484. The molecule has 9 nitrogen and oxygen atoms in total. The number of aromatic nitrogens is 2. The molecule has 2 saturated heterocycles. The summed E-state index contributed by atoms with van der Waals surface area (Å²) in [7, 11) is 7.07. The van der Waals surface area contributed by atoms with Crippen molar-refractivity contribution in [2.24, 2.45) is 0 Å². The van der Waals surface area contributed by atoms with E-state index in [-0.39, 0.29) is 0 Å². The summed E-state index contributed by atoms with van der Waals surface area (Å²) in [6.07, 6.45) is 7.22. The number of nitrogens with zero attached hydrogens (tertiary/aromatic N) is 5. The van der Waals surface area contributed by atoms with Crippen LogP contribution in [-0.4, -0.2) is 93.5 Å². The molecule has 1 N–H and O–H groups in total. The maximum Gasteiger partial charge on any atom is 0.227 e. The second kappa shape index (κ2) is 14.0. The zero-order valence-corrected chi connectivity index (χ0v) is 26.3. The van der Waals surface area contributed by atoms with Gasteiger partial charge in [0.2, 0.25) is 5.95 Å². The van der Waals surface area contributed by atoms with E-state index in [0.29, 0.717) is 46.4 Å². The van der Waals surface area contributed by atoms with Crippen LogP contribution >= 0.6 is 23.2 Å². The van der Waals surface area contributed by atoms with Crippen molar-refractivity contribution < 1.29 is 14.2 Å². The van der Waals surface area contributed by atoms with Gasteiger partial charge in [0.05, 0.1) is 37.1 Å². The third-order valence-corrected chi connectivity index (χ3v) is 9.16. The van der Waals surface area contributed by atoms with E-state index in [4.69, 9.17) is 37.4 Å². The van der Waals surface area contributed by atoms with Gasteiger partial charge in [0.15, 0.2) is 0 Å². The minimum Gasteiger partial charge on any atom is -0.495 e. The molecule has 3 heterocycles. The van der Waals surface area contributed by atoms with Crippen LogP contribution in [0.25, 0.3) is 0 Å². The Bertz CT molecular complexity index is 1320. The van der Waals surface area contributed by atoms with Gasteiger partial charge in [-0.05, 0) is 56.0 Å². The van der Waals surface area contributed by atoms with Gasteiger partial charge in [-0.2, -0.15) is 0 Å². The predicted octanol–water partition coefficient (Wildman–Crippen LogP) is 5.55. The highest BCUT2D eigenvalue weighted by molar-refractivity contribution is 6.37. The van der Waals surface area contributed by atoms with E-state index in [9.17, 15) is 0 Å². The zero-order valence-electron chi connectivity index (χ0n) is 24.8. The molecular formula is C31H40Cl2N6O3. The first-order valence-electron chi connectivity index (χ1n) is 14.4. The monoisotopic (exact) mass is 614 g/mol. The molecule has 2 aliphatic heterocycles. The fourth-order valence-corrected chi connectivity index (χ4v) is 6.47. The normalized spacial score (nSPS) is 16.9. The van der Waals surface area contributed by atoms with Crippen molar-refractivity contribution in [3.63, 3.8) is 0 Å². The number of rotatable bonds is 10. The summed E-state index contributed by atoms with van der Waals surface area (Å²) < 4.78 is 16.6. The Morgan fingerprint density at radius 3 is 2.02 bits per heavy atom. The molecule has 2 aromatic carbocycles. The lowest BCUT2D eigenvalue weighted by Crippen LogP contribution is -2.52. The van der Waals surface area contributed by atoms with Crippen LogP contribution in [0.1, 0.15) is 24.0 Å². The molecule has 0 spiro atoms. The van der Waals surface area contributed by atoms with Crippen LogP contribution in [0.2, 0.25) is 10.0 Å². The lowest BCUT2D eigenvalue weighted by molar-refractivity contribution is 0.0981. The van der Waals surface area contributed by atoms with Crippen molar-refractivity contribution in [1.82, 2.24) is 19.8 Å². The number of hydrogen-bond donors (Lipinski definition) is 1. The van der Waals surface area contributed by atoms with Crippen molar-refractivity contribution in [3.8, 4) is 17.2 Å². The molecule has 2 fully saturated rings. The maximum absolute atomic E-state index is 6.53. The number of piperazine rings is 1. The van der Waals surface area contributed by atoms with E-state index in [0.717, 1.165) is 54.4 Å². The van der Waals surface area contributed by atoms with E-state index in [1.165, 1.54) is 25.9 Å². The van der Waals surface area contributed by atoms with Crippen LogP contribution in [0.3, 0.4) is 0 Å². The average Bonchev–Trinajstić information content (AvgIpc) is 3.02. The summed E-state index contributed by atoms with van der Waals surface area (Å²) in [6, 6.07) is 8.56. The standard InChI is InChI=1S/C31H40Cl2N6O3/c1-37-13-15-38(16-14-37)23-9-11-39(12-10-23)25-8-6-22(17-26(25)40-2)36-31-34-19-21(20-35-31)5-7-24-29(32)27(41-3)18-28(42-4)30(24)33/h6,8,17-20,23H,5,7,9-16H2,1-4H3,(H,34,35,36). The van der Waals surface area contributed by atoms with Gasteiger partial charge in [-0.1, -0.05) is 23.2 Å². The third-order valence-electron chi connectivity index (χ3n) is 8.33. The molecule has 0 radical (unpaired) electrons. The Labute approximate surface area is 258 Å². The largest absolute Gasteiger partial charge is 0.495 e. The first kappa shape index (κ1) is 30.5. The van der Waals surface area contributed by atoms with Crippen LogP contribution in [0.5, 0.6) is 17.2 Å². The molecule has 11 heteroatoms. The van der Waals surface area contributed by atoms with E-state index in [2.05, 4.69) is 49.2 Å². The number of benzene rings is 2. The lowest BCUT2D eigenvalue weighted by atomic mass is 10.0. The molecule has 0 atom stereocenters. The molecule has 42 heavy (non-hydrogen) atoms. The Kier molecular flexibility index (Phi) is 10.2. The number of ether oxygens (including phenoxy) is 3. The number of aryl methyl sites for hydroxylation is 1. The molecule has 5 rings (SSSR count). The zero-order chi connectivity index (χ0) is 29.6. The van der Waals surface area contributed by atoms with Crippen molar-refractivity contribution in [2.75, 3.05) is 77.9 Å². The van der Waals surface area contributed by atoms with E-state index < -0.39 is 0 Å². The highest BCUT2D eigenvalue weighted by Crippen LogP contribution is 2.41. The topological polar surface area (TPSA) is 75.2 Å². The van der Waals surface area contributed by atoms with E-state index in [1.54, 1.807) is 27.4 Å². The molecule has 0 amide bonds. The van der Waals surface area contributed by atoms with Gasteiger partial charge in [0.25, 0.3) is 0 Å². The smallest absolute Gasteiger partial charge is 0.227 e. The van der Waals surface area contributed by atoms with Gasteiger partial charge in [-0.3, -0.25) is 4.90 Å². The maximum atomic E-state index is 6.53. The molecule has 226 valence electrons. The summed E-state index contributed by atoms with van der Waals surface area (Å²) in [5, 5.41) is 4.28. The second-order valence-corrected chi connectivity index (χ2v) is 11.6. The molecule has 3 aromatic rings. The van der Waals surface area contributed by atoms with Gasteiger partial charge >= 0.3 is 0 Å². The average molecular weight is 616 g/mol. The summed E-state index contributed by atoms with van der Waals surface area (Å²) in [6.45, 7) is 6.74. The summed E-state index contributed by atoms with van der Waals surface area (Å²) in [5.74, 6) is 2.42. The SMILES string of the molecule is COc1cc(Nc2ncc(CCc3c(Cl)c(OC)cc(OC)c3Cl)cn2)ccc1N1CCC(N2CCN(C)CC2)CC1. The highest BCUT2D eigenvalue weighted by Gasteiger charge is 2.27. The van der Waals surface area contributed by atoms with Crippen LogP contribution in [0, 0.1) is 0 Å². The summed E-state index contributed by atoms with van der Waals surface area (Å²) >= 11 is 13.1. The number of nitrogens with one attached hydrogen (secondary N) is 1. The van der Waals surface area contributed by atoms with Crippen LogP contribution < -0.4 is 24.4 Å². The van der Waals surface area contributed by atoms with Gasteiger partial charge in [-0.15, -0.1) is 0 Å². The van der Waals surface area contributed by atoms with Crippen molar-refractivity contribution in [1.29, 1.82) is 0 Å². The molecular weight excluding hydrogens is 575 g/mol. The van der Waals surface area contributed by atoms with Crippen LogP contribution in [0.15, 0.2) is 36.7 Å². The number of likely N-dealkylation sites (N-methyl/N-ethyl adjacent to an activating group) is 1. The van der Waals surface area contributed by atoms with E-state index in [1.807, 2.05) is 18.5 Å². The quantitative estimate of drug-likeness (QED) is 0.316. The van der Waals surface area contributed by atoms with Gasteiger partial charge in [-0.25, -0.2) is 9.97 Å². The van der Waals surface area contributed by atoms with Crippen molar-refractivity contribution >= 4 is 40.5 Å². The Hall–Kier alpha value is -2.98. The molecule has 0 bridgehead atoms. The number of halogens is 2. The summed E-state index contributed by atoms with van der Waals surface area (Å²) in [4.78, 5) is 16.6. The molecule has 0 aliphatic carbocycles. The van der Waals surface area contributed by atoms with Crippen LogP contribution in [0.4, 0.5) is 17.3 Å². The first-order valence-corrected chi connectivity index (χ1v) is 15.2. The number of anilines is 3. The second-order valence-electron chi connectivity index (χ2n) is 10.9. The van der Waals surface area contributed by atoms with Gasteiger partial charge < -0.3 is 29.3 Å². The number of methoxy groups -OCH3 is 3. The lowest BCUT2D eigenvalue weighted by Gasteiger charge is -2.42. The Morgan fingerprint density at radius 2 is 1.43 bits per heavy atom. The van der Waals surface area contributed by atoms with Gasteiger partial charge in [0.1, 0.15) is 17.2 Å². The van der Waals surface area contributed by atoms with Crippen molar-refractivity contribution in [3.05, 3.63) is 57.8 Å². The molecule has 1 aromatic heterocycles. The molecule has 0 unspecified atom stereocenters. The number of hydrogen-bond acceptors (Lipinski definition) is 9. The third kappa shape index (κ3) is 6.97. The molecule has 2 aliphatic rings. The minimum absolute atomic E-state index is 0.485. The van der Waals surface area contributed by atoms with Gasteiger partial charge in [0, 0.05) is 75.5 Å². The highest BCUT2D eigenvalue weighted by atomic mass is 35.5. The summed E-state index contributed by atoms with van der Waals surface area (Å²) in [5.41, 5.74) is 3.73. The Morgan fingerprint density at radius 1 is 0.810 bits per heavy atom. The van der Waals surface area contributed by atoms with E-state index >= 15 is 0 Å². The first-order chi connectivity index (χ1) is 20.4.